The fourth-order valence-electron chi connectivity index (χ4n) is 1.33. The molecule has 0 bridgehead atoms. The minimum Gasteiger partial charge on any atom is -0.481 e. The number of carboxylic acids is 1. The highest BCUT2D eigenvalue weighted by atomic mass is 16.6. The molecule has 0 saturated heterocycles. The zero-order chi connectivity index (χ0) is 14.3. The van der Waals surface area contributed by atoms with Gasteiger partial charge in [0.25, 0.3) is 0 Å². The lowest BCUT2D eigenvalue weighted by Crippen LogP contribution is -2.47. The SMILES string of the molecule is COC(=O)CC(CC(=O)O)(OC(C)=O)C(=O)OC. The smallest absolute Gasteiger partial charge is 0.351 e. The van der Waals surface area contributed by atoms with E-state index in [1.54, 1.807) is 0 Å². The van der Waals surface area contributed by atoms with Crippen molar-refractivity contribution >= 4 is 23.9 Å². The molecule has 0 radical (unpaired) electrons. The van der Waals surface area contributed by atoms with Crippen molar-refractivity contribution in [1.82, 2.24) is 0 Å². The molecule has 8 heteroatoms. The zero-order valence-electron chi connectivity index (χ0n) is 10.2. The molecule has 102 valence electrons. The monoisotopic (exact) mass is 262 g/mol. The quantitative estimate of drug-likeness (QED) is 0.503. The summed E-state index contributed by atoms with van der Waals surface area (Å²) in [5.74, 6) is -4.37. The van der Waals surface area contributed by atoms with Gasteiger partial charge in [-0.2, -0.15) is 0 Å². The third-order valence-corrected chi connectivity index (χ3v) is 1.99. The molecule has 1 atom stereocenters. The highest BCUT2D eigenvalue weighted by Crippen LogP contribution is 2.24. The molecule has 1 N–H and O–H groups in total. The van der Waals surface area contributed by atoms with Crippen molar-refractivity contribution in [3.05, 3.63) is 0 Å². The van der Waals surface area contributed by atoms with Gasteiger partial charge in [-0.1, -0.05) is 0 Å². The molecular formula is C10H14O8. The second kappa shape index (κ2) is 6.58. The highest BCUT2D eigenvalue weighted by Gasteiger charge is 2.47. The minimum atomic E-state index is -2.21. The van der Waals surface area contributed by atoms with Gasteiger partial charge in [0.05, 0.1) is 27.1 Å². The molecular weight excluding hydrogens is 248 g/mol. The van der Waals surface area contributed by atoms with E-state index in [4.69, 9.17) is 5.11 Å². The van der Waals surface area contributed by atoms with Crippen molar-refractivity contribution in [3.8, 4) is 0 Å². The lowest BCUT2D eigenvalue weighted by atomic mass is 9.95. The number of esters is 3. The molecule has 18 heavy (non-hydrogen) atoms. The second-order valence-electron chi connectivity index (χ2n) is 3.40. The molecule has 0 aliphatic heterocycles. The molecule has 8 nitrogen and oxygen atoms in total. The van der Waals surface area contributed by atoms with Crippen LogP contribution in [0.2, 0.25) is 0 Å². The van der Waals surface area contributed by atoms with Crippen molar-refractivity contribution in [2.75, 3.05) is 14.2 Å². The molecule has 0 aliphatic carbocycles. The van der Waals surface area contributed by atoms with E-state index in [2.05, 4.69) is 14.2 Å². The van der Waals surface area contributed by atoms with Gasteiger partial charge in [-0.15, -0.1) is 0 Å². The van der Waals surface area contributed by atoms with E-state index in [0.717, 1.165) is 21.1 Å². The fraction of sp³-hybridized carbons (Fsp3) is 0.600. The van der Waals surface area contributed by atoms with Crippen LogP contribution in [0.4, 0.5) is 0 Å². The van der Waals surface area contributed by atoms with Crippen LogP contribution in [0.5, 0.6) is 0 Å². The van der Waals surface area contributed by atoms with E-state index in [1.165, 1.54) is 0 Å². The first-order valence-corrected chi connectivity index (χ1v) is 4.84. The summed E-state index contributed by atoms with van der Waals surface area (Å²) >= 11 is 0. The summed E-state index contributed by atoms with van der Waals surface area (Å²) in [5.41, 5.74) is -2.21. The van der Waals surface area contributed by atoms with E-state index in [9.17, 15) is 19.2 Å². The first-order chi connectivity index (χ1) is 8.27. The fourth-order valence-corrected chi connectivity index (χ4v) is 1.33. The Hall–Kier alpha value is -2.12. The van der Waals surface area contributed by atoms with E-state index < -0.39 is 42.3 Å². The Bertz CT molecular complexity index is 343. The summed E-state index contributed by atoms with van der Waals surface area (Å²) in [4.78, 5) is 44.5. The van der Waals surface area contributed by atoms with E-state index >= 15 is 0 Å². The largest absolute Gasteiger partial charge is 0.481 e. The number of methoxy groups -OCH3 is 2. The van der Waals surface area contributed by atoms with E-state index in [1.807, 2.05) is 0 Å². The van der Waals surface area contributed by atoms with Gasteiger partial charge in [0.15, 0.2) is 0 Å². The van der Waals surface area contributed by atoms with Crippen LogP contribution >= 0.6 is 0 Å². The summed E-state index contributed by atoms with van der Waals surface area (Å²) in [6, 6.07) is 0. The summed E-state index contributed by atoms with van der Waals surface area (Å²) in [6.45, 7) is 0.983. The first-order valence-electron chi connectivity index (χ1n) is 4.84. The van der Waals surface area contributed by atoms with Gasteiger partial charge in [0, 0.05) is 6.92 Å². The molecule has 0 aliphatic rings. The van der Waals surface area contributed by atoms with Gasteiger partial charge in [-0.3, -0.25) is 14.4 Å². The van der Waals surface area contributed by atoms with Crippen molar-refractivity contribution in [3.63, 3.8) is 0 Å². The predicted molar refractivity (Wildman–Crippen MR) is 55.4 cm³/mol. The zero-order valence-corrected chi connectivity index (χ0v) is 10.2. The maximum atomic E-state index is 11.6. The number of carbonyl (C=O) groups is 4. The van der Waals surface area contributed by atoms with Crippen LogP contribution < -0.4 is 0 Å². The number of hydrogen-bond donors (Lipinski definition) is 1. The molecule has 0 heterocycles. The molecule has 0 spiro atoms. The maximum absolute atomic E-state index is 11.6. The molecule has 1 unspecified atom stereocenters. The Morgan fingerprint density at radius 3 is 1.94 bits per heavy atom. The molecule has 0 aromatic heterocycles. The third kappa shape index (κ3) is 4.40. The Labute approximate surface area is 103 Å². The van der Waals surface area contributed by atoms with Crippen LogP contribution in [-0.4, -0.2) is 48.8 Å². The topological polar surface area (TPSA) is 116 Å². The number of carbonyl (C=O) groups excluding carboxylic acids is 3. The highest BCUT2D eigenvalue weighted by molar-refractivity contribution is 5.91. The van der Waals surface area contributed by atoms with Crippen molar-refractivity contribution < 1.29 is 38.5 Å². The van der Waals surface area contributed by atoms with Gasteiger partial charge < -0.3 is 19.3 Å². The molecule has 0 aromatic carbocycles. The Kier molecular flexibility index (Phi) is 5.80. The van der Waals surface area contributed by atoms with Gasteiger partial charge in [0.1, 0.15) is 0 Å². The van der Waals surface area contributed by atoms with E-state index in [-0.39, 0.29) is 0 Å². The van der Waals surface area contributed by atoms with Crippen molar-refractivity contribution in [2.45, 2.75) is 25.4 Å². The third-order valence-electron chi connectivity index (χ3n) is 1.99. The van der Waals surface area contributed by atoms with Crippen LogP contribution in [0.25, 0.3) is 0 Å². The van der Waals surface area contributed by atoms with Crippen molar-refractivity contribution in [1.29, 1.82) is 0 Å². The number of carboxylic acid groups (broad SMARTS) is 1. The van der Waals surface area contributed by atoms with Gasteiger partial charge >= 0.3 is 23.9 Å². The average molecular weight is 262 g/mol. The molecule has 0 saturated carbocycles. The standard InChI is InChI=1S/C10H14O8/c1-6(11)18-10(4-7(12)13,9(15)17-3)5-8(14)16-2/h4-5H2,1-3H3,(H,12,13). The minimum absolute atomic E-state index is 0.734. The Morgan fingerprint density at radius 1 is 1.06 bits per heavy atom. The lowest BCUT2D eigenvalue weighted by Gasteiger charge is -2.27. The number of rotatable bonds is 6. The normalized spacial score (nSPS) is 13.1. The Morgan fingerprint density at radius 2 is 1.61 bits per heavy atom. The van der Waals surface area contributed by atoms with Crippen LogP contribution in [0, 0.1) is 0 Å². The molecule has 0 aromatic rings. The molecule has 0 rings (SSSR count). The first kappa shape index (κ1) is 15.9. The van der Waals surface area contributed by atoms with Crippen molar-refractivity contribution in [2.24, 2.45) is 0 Å². The van der Waals surface area contributed by atoms with Gasteiger partial charge in [-0.25, -0.2) is 4.79 Å². The average Bonchev–Trinajstić information content (AvgIpc) is 2.25. The van der Waals surface area contributed by atoms with Crippen LogP contribution in [0.15, 0.2) is 0 Å². The molecule has 0 amide bonds. The summed E-state index contributed by atoms with van der Waals surface area (Å²) in [7, 11) is 2.04. The van der Waals surface area contributed by atoms with Gasteiger partial charge in [-0.05, 0) is 0 Å². The molecule has 0 fully saturated rings. The number of ether oxygens (including phenoxy) is 3. The van der Waals surface area contributed by atoms with Crippen LogP contribution in [0.3, 0.4) is 0 Å². The van der Waals surface area contributed by atoms with Crippen LogP contribution in [0.1, 0.15) is 19.8 Å². The summed E-state index contributed by atoms with van der Waals surface area (Å²) in [6.07, 6.45) is -1.63. The number of aliphatic carboxylic acids is 1. The second-order valence-corrected chi connectivity index (χ2v) is 3.40. The number of hydrogen-bond acceptors (Lipinski definition) is 7. The summed E-state index contributed by atoms with van der Waals surface area (Å²) in [5, 5.41) is 8.74. The predicted octanol–water partition coefficient (Wildman–Crippen LogP) is -0.501. The van der Waals surface area contributed by atoms with Gasteiger partial charge in [0.2, 0.25) is 5.60 Å². The van der Waals surface area contributed by atoms with E-state index in [0.29, 0.717) is 0 Å². The lowest BCUT2D eigenvalue weighted by molar-refractivity contribution is -0.187. The van der Waals surface area contributed by atoms with Crippen LogP contribution in [-0.2, 0) is 33.4 Å². The summed E-state index contributed by atoms with van der Waals surface area (Å²) < 4.78 is 13.4. The maximum Gasteiger partial charge on any atom is 0.351 e. The Balaban J connectivity index is 5.37.